The summed E-state index contributed by atoms with van der Waals surface area (Å²) in [5.74, 6) is -1.61. The van der Waals surface area contributed by atoms with E-state index in [2.05, 4.69) is 16.3 Å². The van der Waals surface area contributed by atoms with E-state index in [-0.39, 0.29) is 25.5 Å². The number of hydrogen-bond acceptors (Lipinski definition) is 5. The van der Waals surface area contributed by atoms with E-state index in [0.717, 1.165) is 35.6 Å². The highest BCUT2D eigenvalue weighted by atomic mass is 16.5. The van der Waals surface area contributed by atoms with E-state index < -0.39 is 17.8 Å². The molecular formula is C25H29N3O4. The Labute approximate surface area is 188 Å². The van der Waals surface area contributed by atoms with Gasteiger partial charge in [-0.3, -0.25) is 14.4 Å². The van der Waals surface area contributed by atoms with Crippen molar-refractivity contribution in [1.82, 2.24) is 0 Å². The molecule has 0 aromatic heterocycles. The molecular weight excluding hydrogens is 406 g/mol. The number of anilines is 3. The van der Waals surface area contributed by atoms with Crippen molar-refractivity contribution in [2.24, 2.45) is 5.92 Å². The van der Waals surface area contributed by atoms with Gasteiger partial charge in [-0.05, 0) is 62.6 Å². The number of hydrogen-bond donors (Lipinski definition) is 1. The van der Waals surface area contributed by atoms with Crippen molar-refractivity contribution in [3.05, 3.63) is 53.6 Å². The highest BCUT2D eigenvalue weighted by Gasteiger charge is 2.36. The van der Waals surface area contributed by atoms with Crippen LogP contribution in [0.4, 0.5) is 17.1 Å². The molecule has 1 atom stereocenters. The molecule has 4 rings (SSSR count). The Morgan fingerprint density at radius 2 is 1.72 bits per heavy atom. The fraction of sp³-hybridized carbons (Fsp3) is 0.400. The van der Waals surface area contributed by atoms with E-state index in [1.807, 2.05) is 50.2 Å². The Hall–Kier alpha value is -3.35. The van der Waals surface area contributed by atoms with Crippen LogP contribution in [0.2, 0.25) is 0 Å². The lowest BCUT2D eigenvalue weighted by molar-refractivity contribution is -0.151. The minimum absolute atomic E-state index is 0.0887. The van der Waals surface area contributed by atoms with Crippen molar-refractivity contribution in [2.45, 2.75) is 33.1 Å². The average molecular weight is 436 g/mol. The number of carbonyl (C=O) groups is 3. The van der Waals surface area contributed by atoms with Gasteiger partial charge in [0.25, 0.3) is 5.91 Å². The first kappa shape index (κ1) is 21.9. The number of ether oxygens (including phenoxy) is 1. The predicted molar refractivity (Wildman–Crippen MR) is 124 cm³/mol. The fourth-order valence-corrected chi connectivity index (χ4v) is 4.24. The minimum Gasteiger partial charge on any atom is -0.455 e. The monoisotopic (exact) mass is 435 g/mol. The molecule has 1 N–H and O–H groups in total. The van der Waals surface area contributed by atoms with E-state index in [0.29, 0.717) is 5.69 Å². The van der Waals surface area contributed by atoms with Gasteiger partial charge in [0.2, 0.25) is 5.91 Å². The van der Waals surface area contributed by atoms with Crippen molar-refractivity contribution < 1.29 is 19.1 Å². The van der Waals surface area contributed by atoms with Gasteiger partial charge in [0.1, 0.15) is 0 Å². The molecule has 32 heavy (non-hydrogen) atoms. The molecule has 1 unspecified atom stereocenters. The van der Waals surface area contributed by atoms with Gasteiger partial charge in [-0.15, -0.1) is 0 Å². The second-order valence-corrected chi connectivity index (χ2v) is 8.59. The first-order chi connectivity index (χ1) is 15.4. The van der Waals surface area contributed by atoms with E-state index >= 15 is 0 Å². The van der Waals surface area contributed by atoms with Crippen molar-refractivity contribution in [3.8, 4) is 0 Å². The Bertz CT molecular complexity index is 1010. The lowest BCUT2D eigenvalue weighted by Crippen LogP contribution is -2.28. The molecule has 0 aliphatic carbocycles. The molecule has 2 amide bonds. The van der Waals surface area contributed by atoms with Gasteiger partial charge < -0.3 is 19.9 Å². The zero-order valence-electron chi connectivity index (χ0n) is 18.6. The molecule has 2 aromatic carbocycles. The maximum absolute atomic E-state index is 12.5. The van der Waals surface area contributed by atoms with E-state index in [1.54, 1.807) is 4.90 Å². The van der Waals surface area contributed by atoms with E-state index in [9.17, 15) is 14.4 Å². The van der Waals surface area contributed by atoms with Gasteiger partial charge in [-0.1, -0.05) is 17.7 Å². The summed E-state index contributed by atoms with van der Waals surface area (Å²) in [6.45, 7) is 5.94. The topological polar surface area (TPSA) is 79.0 Å². The normalized spacial score (nSPS) is 18.2. The summed E-state index contributed by atoms with van der Waals surface area (Å²) in [7, 11) is 0. The molecule has 168 valence electrons. The largest absolute Gasteiger partial charge is 0.455 e. The van der Waals surface area contributed by atoms with Crippen molar-refractivity contribution in [2.75, 3.05) is 41.4 Å². The van der Waals surface area contributed by atoms with E-state index in [1.165, 1.54) is 12.8 Å². The van der Waals surface area contributed by atoms with Crippen LogP contribution in [0, 0.1) is 19.8 Å². The van der Waals surface area contributed by atoms with Gasteiger partial charge in [0.05, 0.1) is 5.92 Å². The van der Waals surface area contributed by atoms with Crippen LogP contribution in [0.15, 0.2) is 42.5 Å². The van der Waals surface area contributed by atoms with Crippen LogP contribution in [-0.2, 0) is 19.1 Å². The standard InChI is InChI=1S/C25H29N3O4/c1-17-5-7-20(8-6-17)28-15-19(14-24(28)30)25(31)32-16-23(29)26-22-10-9-21(13-18(22)2)27-11-3-4-12-27/h5-10,13,19H,3-4,11-12,14-16H2,1-2H3,(H,26,29). The van der Waals surface area contributed by atoms with Crippen LogP contribution >= 0.6 is 0 Å². The lowest BCUT2D eigenvalue weighted by atomic mass is 10.1. The smallest absolute Gasteiger partial charge is 0.311 e. The maximum atomic E-state index is 12.5. The first-order valence-electron chi connectivity index (χ1n) is 11.1. The van der Waals surface area contributed by atoms with Crippen LogP contribution in [0.5, 0.6) is 0 Å². The van der Waals surface area contributed by atoms with Gasteiger partial charge in [0, 0.05) is 43.1 Å². The van der Waals surface area contributed by atoms with Crippen LogP contribution in [0.3, 0.4) is 0 Å². The number of rotatable bonds is 6. The summed E-state index contributed by atoms with van der Waals surface area (Å²) in [5, 5.41) is 2.81. The van der Waals surface area contributed by atoms with Crippen molar-refractivity contribution >= 4 is 34.8 Å². The Morgan fingerprint density at radius 1 is 1.03 bits per heavy atom. The Balaban J connectivity index is 1.28. The van der Waals surface area contributed by atoms with E-state index in [4.69, 9.17) is 4.74 Å². The molecule has 2 fully saturated rings. The van der Waals surface area contributed by atoms with Gasteiger partial charge in [-0.2, -0.15) is 0 Å². The number of carbonyl (C=O) groups excluding carboxylic acids is 3. The fourth-order valence-electron chi connectivity index (χ4n) is 4.24. The van der Waals surface area contributed by atoms with Crippen molar-refractivity contribution in [3.63, 3.8) is 0 Å². The Kier molecular flexibility index (Phi) is 6.44. The first-order valence-corrected chi connectivity index (χ1v) is 11.1. The molecule has 7 nitrogen and oxygen atoms in total. The number of amides is 2. The highest BCUT2D eigenvalue weighted by molar-refractivity contribution is 6.00. The molecule has 2 heterocycles. The molecule has 7 heteroatoms. The van der Waals surface area contributed by atoms with Gasteiger partial charge in [-0.25, -0.2) is 0 Å². The summed E-state index contributed by atoms with van der Waals surface area (Å²) in [4.78, 5) is 41.1. The molecule has 0 bridgehead atoms. The summed E-state index contributed by atoms with van der Waals surface area (Å²) in [6, 6.07) is 13.5. The highest BCUT2D eigenvalue weighted by Crippen LogP contribution is 2.27. The van der Waals surface area contributed by atoms with Crippen LogP contribution in [0.1, 0.15) is 30.4 Å². The predicted octanol–water partition coefficient (Wildman–Crippen LogP) is 3.44. The molecule has 2 aliphatic rings. The second kappa shape index (κ2) is 9.42. The van der Waals surface area contributed by atoms with Gasteiger partial charge >= 0.3 is 5.97 Å². The minimum atomic E-state index is -0.571. The van der Waals surface area contributed by atoms with Crippen LogP contribution in [-0.4, -0.2) is 44.0 Å². The maximum Gasteiger partial charge on any atom is 0.311 e. The summed E-state index contributed by atoms with van der Waals surface area (Å²) >= 11 is 0. The SMILES string of the molecule is Cc1ccc(N2CC(C(=O)OCC(=O)Nc3ccc(N4CCCC4)cc3C)CC2=O)cc1. The number of nitrogens with one attached hydrogen (secondary N) is 1. The second-order valence-electron chi connectivity index (χ2n) is 8.59. The number of aryl methyl sites for hydroxylation is 2. The third kappa shape index (κ3) is 4.93. The van der Waals surface area contributed by atoms with Crippen LogP contribution < -0.4 is 15.1 Å². The molecule has 0 radical (unpaired) electrons. The zero-order valence-corrected chi connectivity index (χ0v) is 18.6. The van der Waals surface area contributed by atoms with Crippen molar-refractivity contribution in [1.29, 1.82) is 0 Å². The van der Waals surface area contributed by atoms with Crippen LogP contribution in [0.25, 0.3) is 0 Å². The average Bonchev–Trinajstić information content (AvgIpc) is 3.44. The number of nitrogens with zero attached hydrogens (tertiary/aromatic N) is 2. The van der Waals surface area contributed by atoms with Gasteiger partial charge in [0.15, 0.2) is 6.61 Å². The number of benzene rings is 2. The zero-order chi connectivity index (χ0) is 22.7. The third-order valence-electron chi connectivity index (χ3n) is 6.10. The summed E-state index contributed by atoms with van der Waals surface area (Å²) < 4.78 is 5.22. The quantitative estimate of drug-likeness (QED) is 0.704. The molecule has 2 aromatic rings. The Morgan fingerprint density at radius 3 is 2.41 bits per heavy atom. The third-order valence-corrected chi connectivity index (χ3v) is 6.10. The lowest BCUT2D eigenvalue weighted by Gasteiger charge is -2.19. The molecule has 0 saturated carbocycles. The molecule has 0 spiro atoms. The summed E-state index contributed by atoms with van der Waals surface area (Å²) in [6.07, 6.45) is 2.50. The molecule has 2 saturated heterocycles. The summed E-state index contributed by atoms with van der Waals surface area (Å²) in [5.41, 5.74) is 4.69. The number of esters is 1. The molecule has 2 aliphatic heterocycles.